The van der Waals surface area contributed by atoms with Crippen LogP contribution in [0.3, 0.4) is 0 Å². The summed E-state index contributed by atoms with van der Waals surface area (Å²) in [6.07, 6.45) is 4.56. The smallest absolute Gasteiger partial charge is 0.307 e. The van der Waals surface area contributed by atoms with E-state index in [2.05, 4.69) is 54.1 Å². The largest absolute Gasteiger partial charge is 0.481 e. The van der Waals surface area contributed by atoms with Crippen molar-refractivity contribution in [3.8, 4) is 0 Å². The third-order valence-electron chi connectivity index (χ3n) is 6.90. The zero-order chi connectivity index (χ0) is 24.2. The van der Waals surface area contributed by atoms with Gasteiger partial charge in [-0.15, -0.1) is 0 Å². The number of nitrogens with zero attached hydrogens (tertiary/aromatic N) is 1. The summed E-state index contributed by atoms with van der Waals surface area (Å²) in [6, 6.07) is 20.6. The lowest BCUT2D eigenvalue weighted by atomic mass is 10.0. The first kappa shape index (κ1) is 23.8. The van der Waals surface area contributed by atoms with E-state index in [1.807, 2.05) is 37.3 Å². The van der Waals surface area contributed by atoms with E-state index in [1.165, 1.54) is 11.3 Å². The maximum Gasteiger partial charge on any atom is 0.307 e. The number of carbonyl (C=O) groups excluding carboxylic acids is 1. The summed E-state index contributed by atoms with van der Waals surface area (Å²) in [5.74, 6) is -1.15. The molecular weight excluding hydrogens is 424 g/mol. The number of amides is 1. The Morgan fingerprint density at radius 1 is 1.09 bits per heavy atom. The molecule has 0 saturated heterocycles. The van der Waals surface area contributed by atoms with Gasteiger partial charge in [-0.3, -0.25) is 9.59 Å². The first-order chi connectivity index (χ1) is 16.4. The Hall–Kier alpha value is -3.34. The van der Waals surface area contributed by atoms with Gasteiger partial charge in [-0.2, -0.15) is 0 Å². The molecular formula is C29H34N2O3. The number of hydrogen-bond donors (Lipinski definition) is 2. The van der Waals surface area contributed by atoms with Crippen molar-refractivity contribution in [2.45, 2.75) is 64.8 Å². The van der Waals surface area contributed by atoms with Crippen LogP contribution >= 0.6 is 0 Å². The molecule has 5 nitrogen and oxygen atoms in total. The van der Waals surface area contributed by atoms with Crippen LogP contribution in [0.2, 0.25) is 0 Å². The van der Waals surface area contributed by atoms with Crippen LogP contribution in [0.1, 0.15) is 77.9 Å². The van der Waals surface area contributed by atoms with E-state index in [4.69, 9.17) is 0 Å². The van der Waals surface area contributed by atoms with Gasteiger partial charge in [0.15, 0.2) is 0 Å². The average Bonchev–Trinajstić information content (AvgIpc) is 3.52. The van der Waals surface area contributed by atoms with Gasteiger partial charge in [-0.1, -0.05) is 43.3 Å². The van der Waals surface area contributed by atoms with Gasteiger partial charge in [0, 0.05) is 17.4 Å². The van der Waals surface area contributed by atoms with Gasteiger partial charge in [-0.25, -0.2) is 0 Å². The number of nitrogens with one attached hydrogen (secondary N) is 1. The second-order valence-corrected chi connectivity index (χ2v) is 9.55. The van der Waals surface area contributed by atoms with Gasteiger partial charge < -0.3 is 15.0 Å². The monoisotopic (exact) mass is 458 g/mol. The molecule has 1 amide bonds. The molecule has 3 aromatic rings. The molecule has 1 aliphatic rings. The summed E-state index contributed by atoms with van der Waals surface area (Å²) in [4.78, 5) is 24.6. The van der Waals surface area contributed by atoms with Crippen molar-refractivity contribution in [2.24, 2.45) is 5.92 Å². The molecule has 1 heterocycles. The molecule has 2 aromatic carbocycles. The minimum Gasteiger partial charge on any atom is -0.481 e. The van der Waals surface area contributed by atoms with Gasteiger partial charge in [-0.05, 0) is 92.8 Å². The zero-order valence-corrected chi connectivity index (χ0v) is 20.3. The molecule has 4 rings (SSSR count). The number of aromatic nitrogens is 1. The second kappa shape index (κ2) is 10.3. The van der Waals surface area contributed by atoms with Gasteiger partial charge in [0.05, 0.1) is 5.92 Å². The number of carboxylic acid groups (broad SMARTS) is 1. The highest BCUT2D eigenvalue weighted by atomic mass is 16.4. The van der Waals surface area contributed by atoms with Crippen molar-refractivity contribution in [1.29, 1.82) is 0 Å². The predicted molar refractivity (Wildman–Crippen MR) is 136 cm³/mol. The Labute approximate surface area is 201 Å². The quantitative estimate of drug-likeness (QED) is 0.370. The topological polar surface area (TPSA) is 71.3 Å². The molecule has 0 radical (unpaired) electrons. The van der Waals surface area contributed by atoms with E-state index in [0.717, 1.165) is 42.5 Å². The Morgan fingerprint density at radius 2 is 1.85 bits per heavy atom. The fourth-order valence-corrected chi connectivity index (χ4v) is 4.83. The normalized spacial score (nSPS) is 17.9. The van der Waals surface area contributed by atoms with Crippen LogP contribution in [-0.4, -0.2) is 21.6 Å². The second-order valence-electron chi connectivity index (χ2n) is 9.55. The number of rotatable bonds is 10. The lowest BCUT2D eigenvalue weighted by Crippen LogP contribution is -2.20. The number of benzene rings is 2. The summed E-state index contributed by atoms with van der Waals surface area (Å²) in [6.45, 7) is 6.27. The number of aliphatic carboxylic acids is 1. The summed E-state index contributed by atoms with van der Waals surface area (Å²) in [5.41, 5.74) is 5.91. The molecule has 0 spiro atoms. The van der Waals surface area contributed by atoms with Gasteiger partial charge in [0.2, 0.25) is 0 Å². The first-order valence-electron chi connectivity index (χ1n) is 12.3. The van der Waals surface area contributed by atoms with Crippen LogP contribution < -0.4 is 5.32 Å². The number of anilines is 1. The van der Waals surface area contributed by atoms with Crippen LogP contribution in [0.5, 0.6) is 0 Å². The maximum atomic E-state index is 13.3. The molecule has 1 fully saturated rings. The molecule has 178 valence electrons. The molecule has 34 heavy (non-hydrogen) atoms. The number of carbonyl (C=O) groups is 2. The summed E-state index contributed by atoms with van der Waals surface area (Å²) < 4.78 is 2.18. The van der Waals surface area contributed by atoms with Crippen molar-refractivity contribution < 1.29 is 14.7 Å². The van der Waals surface area contributed by atoms with Crippen molar-refractivity contribution in [3.63, 3.8) is 0 Å². The van der Waals surface area contributed by atoms with Gasteiger partial charge in [0.25, 0.3) is 5.91 Å². The summed E-state index contributed by atoms with van der Waals surface area (Å²) in [5, 5.41) is 12.4. The average molecular weight is 459 g/mol. The Kier molecular flexibility index (Phi) is 7.20. The standard InChI is InChI=1S/C29H34N2O3/c1-4-20(3)31-24(12-8-11-21-9-6-5-7-10-21)13-14-27(31)28(32)30-23-16-19(2)15-22(17-23)25-18-26(25)29(33)34/h5-7,9-10,13-17,20,25-26H,4,8,11-12,18H2,1-3H3,(H,30,32)(H,33,34)/t20-,25-,26+/m0/s1. The van der Waals surface area contributed by atoms with Crippen LogP contribution in [0.15, 0.2) is 60.7 Å². The third-order valence-corrected chi connectivity index (χ3v) is 6.90. The fraction of sp³-hybridized carbons (Fsp3) is 0.379. The van der Waals surface area contributed by atoms with E-state index in [1.54, 1.807) is 0 Å². The van der Waals surface area contributed by atoms with Crippen LogP contribution in [0, 0.1) is 12.8 Å². The van der Waals surface area contributed by atoms with Crippen molar-refractivity contribution >= 4 is 17.6 Å². The lowest BCUT2D eigenvalue weighted by molar-refractivity contribution is -0.138. The fourth-order valence-electron chi connectivity index (χ4n) is 4.83. The molecule has 2 N–H and O–H groups in total. The minimum atomic E-state index is -0.747. The first-order valence-corrected chi connectivity index (χ1v) is 12.3. The van der Waals surface area contributed by atoms with Crippen molar-refractivity contribution in [3.05, 3.63) is 88.7 Å². The minimum absolute atomic E-state index is 0.0354. The third kappa shape index (κ3) is 5.41. The maximum absolute atomic E-state index is 13.3. The molecule has 1 aliphatic carbocycles. The SMILES string of the molecule is CC[C@H](C)n1c(CCCc2ccccc2)ccc1C(=O)Nc1cc(C)cc([C@@H]2C[C@H]2C(=O)O)c1. The van der Waals surface area contributed by atoms with Crippen molar-refractivity contribution in [1.82, 2.24) is 4.57 Å². The highest BCUT2D eigenvalue weighted by Gasteiger charge is 2.44. The molecule has 1 aromatic heterocycles. The van der Waals surface area contributed by atoms with Gasteiger partial charge in [0.1, 0.15) is 5.69 Å². The highest BCUT2D eigenvalue weighted by Crippen LogP contribution is 2.48. The number of aryl methyl sites for hydroxylation is 3. The molecule has 5 heteroatoms. The molecule has 0 bridgehead atoms. The van der Waals surface area contributed by atoms with E-state index in [0.29, 0.717) is 12.1 Å². The van der Waals surface area contributed by atoms with E-state index < -0.39 is 5.97 Å². The molecule has 0 unspecified atom stereocenters. The Balaban J connectivity index is 1.49. The number of hydrogen-bond acceptors (Lipinski definition) is 2. The van der Waals surface area contributed by atoms with Crippen LogP contribution in [0.25, 0.3) is 0 Å². The van der Waals surface area contributed by atoms with Crippen LogP contribution in [0.4, 0.5) is 5.69 Å². The van der Waals surface area contributed by atoms with E-state index in [-0.39, 0.29) is 23.8 Å². The zero-order valence-electron chi connectivity index (χ0n) is 20.3. The molecule has 1 saturated carbocycles. The molecule has 0 aliphatic heterocycles. The Bertz CT molecular complexity index is 1170. The van der Waals surface area contributed by atoms with E-state index in [9.17, 15) is 14.7 Å². The van der Waals surface area contributed by atoms with E-state index >= 15 is 0 Å². The lowest BCUT2D eigenvalue weighted by Gasteiger charge is -2.20. The van der Waals surface area contributed by atoms with Crippen molar-refractivity contribution in [2.75, 3.05) is 5.32 Å². The summed E-state index contributed by atoms with van der Waals surface area (Å²) >= 11 is 0. The molecule has 3 atom stereocenters. The predicted octanol–water partition coefficient (Wildman–Crippen LogP) is 6.38. The highest BCUT2D eigenvalue weighted by molar-refractivity contribution is 6.03. The summed E-state index contributed by atoms with van der Waals surface area (Å²) in [7, 11) is 0. The van der Waals surface area contributed by atoms with Crippen LogP contribution in [-0.2, 0) is 17.6 Å². The van der Waals surface area contributed by atoms with Gasteiger partial charge >= 0.3 is 5.97 Å². The Morgan fingerprint density at radius 3 is 2.53 bits per heavy atom. The number of carboxylic acids is 1.